The van der Waals surface area contributed by atoms with E-state index in [0.29, 0.717) is 0 Å². The highest BCUT2D eigenvalue weighted by atomic mass is 32.1. The van der Waals surface area contributed by atoms with Crippen LogP contribution >= 0.6 is 22.7 Å². The van der Waals surface area contributed by atoms with Crippen LogP contribution in [0, 0.1) is 23.7 Å². The molecule has 0 radical (unpaired) electrons. The van der Waals surface area contributed by atoms with Gasteiger partial charge in [0.25, 0.3) is 0 Å². The lowest BCUT2D eigenvalue weighted by molar-refractivity contribution is 1.32. The molecule has 0 aliphatic rings. The van der Waals surface area contributed by atoms with Crippen molar-refractivity contribution in [3.8, 4) is 46.5 Å². The standard InChI is InChI=1S/C32H18N4S2/c1-3-9-21(10-4-1)31-33-27-25(17-15-23-13-7-19-37-23)29-30(36-32(35-29)22-11-5-2-6-12-22)26(28(27)34-31)18-16-24-14-8-20-38-24/h1-14,19-20H,(H,33,34)(H,35,36). The Bertz CT molecular complexity index is 1810. The third-order valence-corrected chi connectivity index (χ3v) is 7.71. The van der Waals surface area contributed by atoms with Crippen LogP contribution in [0.3, 0.4) is 0 Å². The van der Waals surface area contributed by atoms with Gasteiger partial charge in [0.05, 0.1) is 31.9 Å². The number of imidazole rings is 2. The molecule has 7 rings (SSSR count). The summed E-state index contributed by atoms with van der Waals surface area (Å²) in [7, 11) is 0. The molecule has 0 amide bonds. The van der Waals surface area contributed by atoms with Gasteiger partial charge in [-0.25, -0.2) is 9.97 Å². The van der Waals surface area contributed by atoms with E-state index < -0.39 is 0 Å². The molecular formula is C32H18N4S2. The van der Waals surface area contributed by atoms with Crippen molar-refractivity contribution in [3.05, 3.63) is 117 Å². The predicted octanol–water partition coefficient (Wildman–Crippen LogP) is 7.70. The van der Waals surface area contributed by atoms with E-state index in [1.807, 2.05) is 95.7 Å². The molecule has 0 saturated heterocycles. The summed E-state index contributed by atoms with van der Waals surface area (Å²) in [6.07, 6.45) is 0. The summed E-state index contributed by atoms with van der Waals surface area (Å²) in [5, 5.41) is 4.06. The first-order valence-electron chi connectivity index (χ1n) is 12.0. The zero-order valence-electron chi connectivity index (χ0n) is 19.9. The Morgan fingerprint density at radius 3 is 1.42 bits per heavy atom. The van der Waals surface area contributed by atoms with Crippen LogP contribution in [0.4, 0.5) is 0 Å². The largest absolute Gasteiger partial charge is 0.337 e. The molecule has 4 aromatic heterocycles. The first kappa shape index (κ1) is 22.3. The van der Waals surface area contributed by atoms with Crippen molar-refractivity contribution in [2.24, 2.45) is 0 Å². The zero-order valence-corrected chi connectivity index (χ0v) is 21.6. The number of H-pyrrole nitrogens is 2. The maximum Gasteiger partial charge on any atom is 0.138 e. The second kappa shape index (κ2) is 9.53. The van der Waals surface area contributed by atoms with E-state index >= 15 is 0 Å². The van der Waals surface area contributed by atoms with Crippen molar-refractivity contribution >= 4 is 44.7 Å². The predicted molar refractivity (Wildman–Crippen MR) is 157 cm³/mol. The molecule has 0 unspecified atom stereocenters. The molecule has 0 fully saturated rings. The van der Waals surface area contributed by atoms with Crippen LogP contribution < -0.4 is 0 Å². The maximum atomic E-state index is 5.05. The second-order valence-corrected chi connectivity index (χ2v) is 10.5. The monoisotopic (exact) mass is 522 g/mol. The molecular weight excluding hydrogens is 505 g/mol. The number of hydrogen-bond acceptors (Lipinski definition) is 4. The van der Waals surface area contributed by atoms with E-state index in [1.165, 1.54) is 0 Å². The number of nitrogens with zero attached hydrogens (tertiary/aromatic N) is 2. The van der Waals surface area contributed by atoms with E-state index in [2.05, 4.69) is 33.6 Å². The number of aromatic amines is 2. The average Bonchev–Trinajstić information content (AvgIpc) is 3.78. The van der Waals surface area contributed by atoms with E-state index in [-0.39, 0.29) is 0 Å². The van der Waals surface area contributed by atoms with E-state index in [9.17, 15) is 0 Å². The van der Waals surface area contributed by atoms with Gasteiger partial charge in [-0.05, 0) is 22.9 Å². The lowest BCUT2D eigenvalue weighted by atomic mass is 10.1. The number of rotatable bonds is 2. The van der Waals surface area contributed by atoms with Crippen molar-refractivity contribution in [1.29, 1.82) is 0 Å². The SMILES string of the molecule is C(#Cc1c2nc(-c3ccccc3)[nH]c2c(C#Cc2cccs2)c2[nH]c(-c3ccccc3)nc12)c1cccs1. The molecule has 38 heavy (non-hydrogen) atoms. The Kier molecular flexibility index (Phi) is 5.60. The second-order valence-electron chi connectivity index (χ2n) is 8.55. The number of thiophene rings is 2. The van der Waals surface area contributed by atoms with Crippen molar-refractivity contribution < 1.29 is 0 Å². The van der Waals surface area contributed by atoms with E-state index in [0.717, 1.165) is 65.7 Å². The Hall–Kier alpha value is -4.88. The fourth-order valence-electron chi connectivity index (χ4n) is 4.36. The first-order valence-corrected chi connectivity index (χ1v) is 13.8. The lowest BCUT2D eigenvalue weighted by Gasteiger charge is -2.01. The van der Waals surface area contributed by atoms with Crippen molar-refractivity contribution in [2.75, 3.05) is 0 Å². The summed E-state index contributed by atoms with van der Waals surface area (Å²) in [4.78, 5) is 19.2. The average molecular weight is 523 g/mol. The maximum absolute atomic E-state index is 5.05. The van der Waals surface area contributed by atoms with Crippen LogP contribution in [0.5, 0.6) is 0 Å². The quantitative estimate of drug-likeness (QED) is 0.229. The summed E-state index contributed by atoms with van der Waals surface area (Å²) < 4.78 is 0. The van der Waals surface area contributed by atoms with Crippen molar-refractivity contribution in [2.45, 2.75) is 0 Å². The van der Waals surface area contributed by atoms with Gasteiger partial charge in [0.1, 0.15) is 22.7 Å². The molecule has 0 aliphatic carbocycles. The van der Waals surface area contributed by atoms with Crippen LogP contribution in [-0.4, -0.2) is 19.9 Å². The van der Waals surface area contributed by atoms with Gasteiger partial charge in [0.2, 0.25) is 0 Å². The van der Waals surface area contributed by atoms with Crippen LogP contribution in [0.1, 0.15) is 20.9 Å². The molecule has 0 spiro atoms. The van der Waals surface area contributed by atoms with E-state index in [1.54, 1.807) is 22.7 Å². The fraction of sp³-hybridized carbons (Fsp3) is 0. The van der Waals surface area contributed by atoms with Crippen LogP contribution in [0.2, 0.25) is 0 Å². The summed E-state index contributed by atoms with van der Waals surface area (Å²) in [6, 6.07) is 28.3. The molecule has 178 valence electrons. The molecule has 0 aliphatic heterocycles. The number of aromatic nitrogens is 4. The minimum Gasteiger partial charge on any atom is -0.337 e. The van der Waals surface area contributed by atoms with Gasteiger partial charge in [-0.1, -0.05) is 96.5 Å². The van der Waals surface area contributed by atoms with Gasteiger partial charge >= 0.3 is 0 Å². The van der Waals surface area contributed by atoms with Crippen LogP contribution in [-0.2, 0) is 0 Å². The highest BCUT2D eigenvalue weighted by Crippen LogP contribution is 2.34. The molecule has 4 heterocycles. The minimum absolute atomic E-state index is 0.766. The fourth-order valence-corrected chi connectivity index (χ4v) is 5.51. The number of nitrogens with one attached hydrogen (secondary N) is 2. The summed E-state index contributed by atoms with van der Waals surface area (Å²) in [5.74, 6) is 15.0. The Morgan fingerprint density at radius 2 is 0.974 bits per heavy atom. The highest BCUT2D eigenvalue weighted by Gasteiger charge is 2.21. The number of hydrogen-bond donors (Lipinski definition) is 2. The first-order chi connectivity index (χ1) is 18.8. The van der Waals surface area contributed by atoms with Crippen LogP contribution in [0.25, 0.3) is 44.8 Å². The van der Waals surface area contributed by atoms with E-state index in [4.69, 9.17) is 9.97 Å². The molecule has 6 heteroatoms. The van der Waals surface area contributed by atoms with Crippen molar-refractivity contribution in [1.82, 2.24) is 19.9 Å². The van der Waals surface area contributed by atoms with Gasteiger partial charge in [-0.2, -0.15) is 0 Å². The van der Waals surface area contributed by atoms with Gasteiger partial charge < -0.3 is 9.97 Å². The molecule has 2 N–H and O–H groups in total. The Morgan fingerprint density at radius 1 is 0.500 bits per heavy atom. The molecule has 4 nitrogen and oxygen atoms in total. The van der Waals surface area contributed by atoms with Gasteiger partial charge in [-0.3, -0.25) is 0 Å². The van der Waals surface area contributed by atoms with Crippen molar-refractivity contribution in [3.63, 3.8) is 0 Å². The normalized spacial score (nSPS) is 10.7. The lowest BCUT2D eigenvalue weighted by Crippen LogP contribution is -1.89. The topological polar surface area (TPSA) is 57.4 Å². The minimum atomic E-state index is 0.766. The summed E-state index contributed by atoms with van der Waals surface area (Å²) in [5.41, 5.74) is 6.83. The molecule has 3 aromatic carbocycles. The van der Waals surface area contributed by atoms with Gasteiger partial charge in [0.15, 0.2) is 0 Å². The number of benzene rings is 3. The van der Waals surface area contributed by atoms with Crippen LogP contribution in [0.15, 0.2) is 95.7 Å². The molecule has 0 saturated carbocycles. The molecule has 7 aromatic rings. The number of fused-ring (bicyclic) bond motifs is 2. The molecule has 0 bridgehead atoms. The third kappa shape index (κ3) is 4.09. The highest BCUT2D eigenvalue weighted by molar-refractivity contribution is 7.10. The smallest absolute Gasteiger partial charge is 0.138 e. The molecule has 0 atom stereocenters. The zero-order chi connectivity index (χ0) is 25.3. The summed E-state index contributed by atoms with van der Waals surface area (Å²) >= 11 is 3.24. The summed E-state index contributed by atoms with van der Waals surface area (Å²) in [6.45, 7) is 0. The Balaban J connectivity index is 1.56. The van der Waals surface area contributed by atoms with Gasteiger partial charge in [0, 0.05) is 11.1 Å². The van der Waals surface area contributed by atoms with Gasteiger partial charge in [-0.15, -0.1) is 22.7 Å². The third-order valence-electron chi connectivity index (χ3n) is 6.14. The Labute approximate surface area is 227 Å².